The molecule has 11 rings (SSSR count). The zero-order valence-corrected chi connectivity index (χ0v) is 30.2. The minimum Gasteiger partial charge on any atom is -0.456 e. The van der Waals surface area contributed by atoms with E-state index in [2.05, 4.69) is 144 Å². The van der Waals surface area contributed by atoms with Crippen LogP contribution in [0.5, 0.6) is 0 Å². The number of benzene rings is 9. The number of furan rings is 1. The molecule has 0 saturated heterocycles. The second kappa shape index (κ2) is 13.0. The molecule has 0 bridgehead atoms. The summed E-state index contributed by atoms with van der Waals surface area (Å²) in [6.45, 7) is 0. The molecule has 0 aliphatic rings. The van der Waals surface area contributed by atoms with Crippen LogP contribution >= 0.6 is 0 Å². The Morgan fingerprint density at radius 3 is 1.68 bits per heavy atom. The summed E-state index contributed by atoms with van der Waals surface area (Å²) in [4.78, 5) is 17.6. The second-order valence-corrected chi connectivity index (χ2v) is 14.0. The number of nitrogens with zero attached hydrogens (tertiary/aromatic N) is 4. The molecule has 0 aliphatic heterocycles. The Labute approximate surface area is 322 Å². The van der Waals surface area contributed by atoms with Gasteiger partial charge in [-0.05, 0) is 80.8 Å². The largest absolute Gasteiger partial charge is 0.456 e. The minimum absolute atomic E-state index is 0.589. The van der Waals surface area contributed by atoms with Gasteiger partial charge in [0.2, 0.25) is 0 Å². The van der Waals surface area contributed by atoms with E-state index in [-0.39, 0.29) is 0 Å². The third-order valence-electron chi connectivity index (χ3n) is 10.7. The fourth-order valence-corrected chi connectivity index (χ4v) is 8.05. The van der Waals surface area contributed by atoms with Crippen molar-refractivity contribution in [3.05, 3.63) is 194 Å². The number of hydrogen-bond acceptors (Lipinski definition) is 5. The van der Waals surface area contributed by atoms with E-state index in [1.54, 1.807) is 0 Å². The van der Waals surface area contributed by atoms with Crippen LogP contribution < -0.4 is 4.90 Å². The summed E-state index contributed by atoms with van der Waals surface area (Å²) in [7, 11) is 0. The summed E-state index contributed by atoms with van der Waals surface area (Å²) in [5, 5.41) is 9.26. The van der Waals surface area contributed by atoms with Gasteiger partial charge < -0.3 is 9.32 Å². The fraction of sp³-hybridized carbons (Fsp3) is 0. The van der Waals surface area contributed by atoms with E-state index >= 15 is 0 Å². The first-order valence-corrected chi connectivity index (χ1v) is 18.8. The van der Waals surface area contributed by atoms with Crippen molar-refractivity contribution < 1.29 is 4.42 Å². The van der Waals surface area contributed by atoms with Crippen LogP contribution in [0.3, 0.4) is 0 Å². The average Bonchev–Trinajstić information content (AvgIpc) is 3.65. The Hall–Kier alpha value is -7.63. The molecule has 262 valence electrons. The zero-order valence-electron chi connectivity index (χ0n) is 30.2. The standard InChI is InChI=1S/C51H32N4O/c1-4-14-34(15-5-1)49-52-50(36-25-27-41-35(31-36)24-29-42-40-20-11-10-13-33(40)23-28-43(41)42)54-51(53-49)45-21-12-22-46-48(45)44-30-26-39(32-47(44)56-46)55(37-16-6-2-7-17-37)38-18-8-3-9-19-38/h1-32H. The highest BCUT2D eigenvalue weighted by Crippen LogP contribution is 2.41. The molecule has 2 aromatic heterocycles. The molecule has 9 aromatic carbocycles. The first kappa shape index (κ1) is 31.9. The molecule has 0 aliphatic carbocycles. The van der Waals surface area contributed by atoms with Crippen LogP contribution in [0.2, 0.25) is 0 Å². The normalized spacial score (nSPS) is 11.6. The van der Waals surface area contributed by atoms with Gasteiger partial charge in [0.1, 0.15) is 11.2 Å². The predicted octanol–water partition coefficient (Wildman–Crippen LogP) is 13.7. The van der Waals surface area contributed by atoms with Crippen LogP contribution in [0.15, 0.2) is 199 Å². The Morgan fingerprint density at radius 1 is 0.339 bits per heavy atom. The highest BCUT2D eigenvalue weighted by atomic mass is 16.3. The second-order valence-electron chi connectivity index (χ2n) is 14.0. The Balaban J connectivity index is 1.07. The highest BCUT2D eigenvalue weighted by Gasteiger charge is 2.20. The van der Waals surface area contributed by atoms with Crippen LogP contribution in [-0.2, 0) is 0 Å². The number of rotatable bonds is 6. The Morgan fingerprint density at radius 2 is 0.929 bits per heavy atom. The molecule has 0 amide bonds. The van der Waals surface area contributed by atoms with E-state index in [4.69, 9.17) is 19.4 Å². The molecule has 0 radical (unpaired) electrons. The number of para-hydroxylation sites is 2. The van der Waals surface area contributed by atoms with Gasteiger partial charge >= 0.3 is 0 Å². The topological polar surface area (TPSA) is 55.1 Å². The van der Waals surface area contributed by atoms with E-state index in [9.17, 15) is 0 Å². The van der Waals surface area contributed by atoms with Gasteiger partial charge in [-0.3, -0.25) is 0 Å². The Kier molecular flexibility index (Phi) is 7.42. The van der Waals surface area contributed by atoms with Gasteiger partial charge in [-0.15, -0.1) is 0 Å². The SMILES string of the molecule is c1ccc(-c2nc(-c3ccc4c(ccc5c6ccccc6ccc45)c3)nc(-c3cccc4oc5cc(N(c6ccccc6)c6ccccc6)ccc5c34)n2)cc1. The van der Waals surface area contributed by atoms with Crippen molar-refractivity contribution in [2.75, 3.05) is 4.90 Å². The lowest BCUT2D eigenvalue weighted by Crippen LogP contribution is -2.09. The van der Waals surface area contributed by atoms with E-state index in [0.717, 1.165) is 61.1 Å². The van der Waals surface area contributed by atoms with Crippen molar-refractivity contribution in [3.63, 3.8) is 0 Å². The molecule has 0 atom stereocenters. The lowest BCUT2D eigenvalue weighted by atomic mass is 9.96. The molecule has 11 aromatic rings. The number of hydrogen-bond donors (Lipinski definition) is 0. The summed E-state index contributed by atoms with van der Waals surface area (Å²) in [5.41, 5.74) is 7.43. The lowest BCUT2D eigenvalue weighted by molar-refractivity contribution is 0.669. The third-order valence-corrected chi connectivity index (χ3v) is 10.7. The first-order valence-electron chi connectivity index (χ1n) is 18.8. The number of aromatic nitrogens is 3. The van der Waals surface area contributed by atoms with Crippen molar-refractivity contribution >= 4 is 71.3 Å². The van der Waals surface area contributed by atoms with Gasteiger partial charge in [0, 0.05) is 50.6 Å². The van der Waals surface area contributed by atoms with E-state index in [0.29, 0.717) is 17.5 Å². The van der Waals surface area contributed by atoms with E-state index in [1.165, 1.54) is 26.9 Å². The van der Waals surface area contributed by atoms with Crippen LogP contribution in [-0.4, -0.2) is 15.0 Å². The maximum absolute atomic E-state index is 6.62. The van der Waals surface area contributed by atoms with Crippen LogP contribution in [0, 0.1) is 0 Å². The lowest BCUT2D eigenvalue weighted by Gasteiger charge is -2.25. The zero-order chi connectivity index (χ0) is 37.0. The summed E-state index contributed by atoms with van der Waals surface area (Å²) in [5.74, 6) is 1.82. The van der Waals surface area contributed by atoms with Crippen molar-refractivity contribution in [1.82, 2.24) is 15.0 Å². The molecule has 0 fully saturated rings. The highest BCUT2D eigenvalue weighted by molar-refractivity contribution is 6.17. The van der Waals surface area contributed by atoms with Crippen LogP contribution in [0.25, 0.3) is 88.4 Å². The van der Waals surface area contributed by atoms with Gasteiger partial charge in [-0.25, -0.2) is 15.0 Å². The smallest absolute Gasteiger partial charge is 0.164 e. The van der Waals surface area contributed by atoms with Gasteiger partial charge in [-0.1, -0.05) is 140 Å². The number of fused-ring (bicyclic) bond motifs is 8. The Bertz CT molecular complexity index is 3210. The summed E-state index contributed by atoms with van der Waals surface area (Å²) >= 11 is 0. The number of anilines is 3. The quantitative estimate of drug-likeness (QED) is 0.160. The van der Waals surface area contributed by atoms with Crippen LogP contribution in [0.1, 0.15) is 0 Å². The molecule has 0 saturated carbocycles. The summed E-state index contributed by atoms with van der Waals surface area (Å²) < 4.78 is 6.62. The first-order chi connectivity index (χ1) is 27.7. The maximum Gasteiger partial charge on any atom is 0.164 e. The molecule has 0 unspecified atom stereocenters. The van der Waals surface area contributed by atoms with E-state index < -0.39 is 0 Å². The molecular weight excluding hydrogens is 685 g/mol. The molecule has 2 heterocycles. The summed E-state index contributed by atoms with van der Waals surface area (Å²) in [6.07, 6.45) is 0. The van der Waals surface area contributed by atoms with Crippen molar-refractivity contribution in [2.45, 2.75) is 0 Å². The van der Waals surface area contributed by atoms with Crippen molar-refractivity contribution in [1.29, 1.82) is 0 Å². The molecular formula is C51H32N4O. The summed E-state index contributed by atoms with van der Waals surface area (Å²) in [6, 6.07) is 67.4. The predicted molar refractivity (Wildman–Crippen MR) is 231 cm³/mol. The van der Waals surface area contributed by atoms with Gasteiger partial charge in [-0.2, -0.15) is 0 Å². The van der Waals surface area contributed by atoms with Gasteiger partial charge in [0.25, 0.3) is 0 Å². The third kappa shape index (κ3) is 5.37. The van der Waals surface area contributed by atoms with E-state index in [1.807, 2.05) is 54.6 Å². The maximum atomic E-state index is 6.62. The molecule has 5 nitrogen and oxygen atoms in total. The van der Waals surface area contributed by atoms with Gasteiger partial charge in [0.05, 0.1) is 0 Å². The minimum atomic E-state index is 0.589. The van der Waals surface area contributed by atoms with Crippen molar-refractivity contribution in [3.8, 4) is 34.2 Å². The van der Waals surface area contributed by atoms with Crippen LogP contribution in [0.4, 0.5) is 17.1 Å². The van der Waals surface area contributed by atoms with Crippen molar-refractivity contribution in [2.24, 2.45) is 0 Å². The molecule has 0 N–H and O–H groups in total. The average molecular weight is 717 g/mol. The molecule has 5 heteroatoms. The van der Waals surface area contributed by atoms with Gasteiger partial charge in [0.15, 0.2) is 17.5 Å². The molecule has 56 heavy (non-hydrogen) atoms. The monoisotopic (exact) mass is 716 g/mol. The molecule has 0 spiro atoms. The fourth-order valence-electron chi connectivity index (χ4n) is 8.05.